The molecule has 2 atom stereocenters. The molecule has 1 radical (unpaired) electrons. The fourth-order valence-electron chi connectivity index (χ4n) is 0.270. The summed E-state index contributed by atoms with van der Waals surface area (Å²) in [4.78, 5) is 19.5. The van der Waals surface area contributed by atoms with Gasteiger partial charge in [0.1, 0.15) is 0 Å². The van der Waals surface area contributed by atoms with Gasteiger partial charge in [-0.3, -0.25) is 0 Å². The minimum Gasteiger partial charge on any atom is -0.479 e. The van der Waals surface area contributed by atoms with Crippen LogP contribution < -0.4 is 0 Å². The molecule has 0 bridgehead atoms. The van der Waals surface area contributed by atoms with Gasteiger partial charge >= 0.3 is 11.9 Å². The Morgan fingerprint density at radius 3 is 1.17 bits per heavy atom. The first kappa shape index (κ1) is 18.7. The molecule has 6 nitrogen and oxygen atoms in total. The summed E-state index contributed by atoms with van der Waals surface area (Å²) in [6.07, 6.45) is -4.53. The number of carboxylic acids is 2. The van der Waals surface area contributed by atoms with Gasteiger partial charge in [0.05, 0.1) is 0 Å². The zero-order valence-corrected chi connectivity index (χ0v) is 10.3. The summed E-state index contributed by atoms with van der Waals surface area (Å²) < 4.78 is 0. The molecule has 0 aromatic carbocycles. The summed E-state index contributed by atoms with van der Waals surface area (Å²) in [6, 6.07) is 0. The predicted octanol–water partition coefficient (Wildman–Crippen LogP) is -2.51. The normalized spacial score (nSPS) is 13.2. The van der Waals surface area contributed by atoms with Gasteiger partial charge in [-0.1, -0.05) is 0 Å². The first-order chi connectivity index (χ1) is 4.46. The Hall–Kier alpha value is 1.02. The molecule has 0 aromatic rings. The molecule has 12 heavy (non-hydrogen) atoms. The van der Waals surface area contributed by atoms with Gasteiger partial charge < -0.3 is 20.4 Å². The van der Waals surface area contributed by atoms with E-state index < -0.39 is 24.1 Å². The fraction of sp³-hybridized carbons (Fsp3) is 0.500. The number of rotatable bonds is 3. The van der Waals surface area contributed by atoms with Crippen molar-refractivity contribution in [2.75, 3.05) is 0 Å². The molecule has 0 fully saturated rings. The van der Waals surface area contributed by atoms with E-state index in [0.717, 1.165) is 0 Å². The molecule has 4 N–H and O–H groups in total. The van der Waals surface area contributed by atoms with E-state index in [0.29, 0.717) is 0 Å². The zero-order chi connectivity index (χ0) is 8.31. The van der Waals surface area contributed by atoms with Crippen LogP contribution in [0.3, 0.4) is 0 Å². The largest absolute Gasteiger partial charge is 0.479 e. The van der Waals surface area contributed by atoms with Crippen molar-refractivity contribution in [1.29, 1.82) is 0 Å². The van der Waals surface area contributed by atoms with Gasteiger partial charge in [-0.05, 0) is 0 Å². The molecule has 67 valence electrons. The zero-order valence-electron chi connectivity index (χ0n) is 6.11. The van der Waals surface area contributed by atoms with Gasteiger partial charge in [-0.25, -0.2) is 9.59 Å². The Kier molecular flexibility index (Phi) is 13.4. The van der Waals surface area contributed by atoms with Crippen LogP contribution in [0.5, 0.6) is 0 Å². The molecule has 2 unspecified atom stereocenters. The van der Waals surface area contributed by atoms with Crippen molar-refractivity contribution >= 4 is 63.3 Å². The van der Waals surface area contributed by atoms with Gasteiger partial charge in [0.15, 0.2) is 12.2 Å². The second-order valence-corrected chi connectivity index (χ2v) is 1.57. The first-order valence-corrected chi connectivity index (χ1v) is 2.28. The van der Waals surface area contributed by atoms with Crippen LogP contribution in [-0.4, -0.2) is 96.0 Å². The van der Waals surface area contributed by atoms with Crippen LogP contribution in [0.15, 0.2) is 0 Å². The van der Waals surface area contributed by atoms with Crippen molar-refractivity contribution in [2.45, 2.75) is 12.2 Å². The standard InChI is InChI=1S/C4H6O6.Fe.K/c5-1(3(7)8)2(6)4(9)10;;/h1-2,5-6H,(H,7,8)(H,9,10);;. The van der Waals surface area contributed by atoms with Crippen LogP contribution >= 0.6 is 0 Å². The Morgan fingerprint density at radius 2 is 1.08 bits per heavy atom. The third-order valence-electron chi connectivity index (χ3n) is 0.805. The number of aliphatic hydroxyl groups is 2. The van der Waals surface area contributed by atoms with Crippen LogP contribution in [0.4, 0.5) is 0 Å². The molecule has 0 amide bonds. The summed E-state index contributed by atoms with van der Waals surface area (Å²) in [5.41, 5.74) is 0. The van der Waals surface area contributed by atoms with Gasteiger partial charge in [0.25, 0.3) is 0 Å². The topological polar surface area (TPSA) is 115 Å². The molecule has 0 aliphatic rings. The maximum Gasteiger partial charge on any atom is 0.335 e. The second kappa shape index (κ2) is 8.61. The summed E-state index contributed by atoms with van der Waals surface area (Å²) in [5, 5.41) is 32.5. The SMILES string of the molecule is O=C(O)C(O)C(O)C(=O)O.[Fe].[K]. The van der Waals surface area contributed by atoms with Crippen LogP contribution in [-0.2, 0) is 26.7 Å². The van der Waals surface area contributed by atoms with Crippen LogP contribution in [0, 0.1) is 0 Å². The van der Waals surface area contributed by atoms with E-state index >= 15 is 0 Å². The monoisotopic (exact) mass is 245 g/mol. The summed E-state index contributed by atoms with van der Waals surface area (Å²) in [7, 11) is 0. The minimum absolute atomic E-state index is 0. The molecule has 0 rings (SSSR count). The molecule has 8 heteroatoms. The minimum atomic E-state index is -2.27. The molecule has 0 saturated heterocycles. The number of carboxylic acid groups (broad SMARTS) is 2. The quantitative estimate of drug-likeness (QED) is 0.408. The van der Waals surface area contributed by atoms with Crippen molar-refractivity contribution in [3.05, 3.63) is 0 Å². The Morgan fingerprint density at radius 1 is 0.917 bits per heavy atom. The van der Waals surface area contributed by atoms with E-state index in [1.54, 1.807) is 0 Å². The smallest absolute Gasteiger partial charge is 0.335 e. The summed E-state index contributed by atoms with van der Waals surface area (Å²) >= 11 is 0. The summed E-state index contributed by atoms with van der Waals surface area (Å²) in [5.74, 6) is -3.54. The Bertz CT molecular complexity index is 144. The van der Waals surface area contributed by atoms with Crippen LogP contribution in [0.25, 0.3) is 0 Å². The van der Waals surface area contributed by atoms with Gasteiger partial charge in [0.2, 0.25) is 0 Å². The van der Waals surface area contributed by atoms with E-state index in [2.05, 4.69) is 0 Å². The number of aliphatic hydroxyl groups excluding tert-OH is 2. The van der Waals surface area contributed by atoms with Crippen LogP contribution in [0.1, 0.15) is 0 Å². The van der Waals surface area contributed by atoms with Crippen molar-refractivity contribution in [3.8, 4) is 0 Å². The van der Waals surface area contributed by atoms with Crippen molar-refractivity contribution in [3.63, 3.8) is 0 Å². The molecule has 0 heterocycles. The maximum atomic E-state index is 9.77. The number of aliphatic carboxylic acids is 2. The predicted molar refractivity (Wildman–Crippen MR) is 33.0 cm³/mol. The summed E-state index contributed by atoms with van der Waals surface area (Å²) in [6.45, 7) is 0. The Labute approximate surface area is 121 Å². The van der Waals surface area contributed by atoms with Crippen LogP contribution in [0.2, 0.25) is 0 Å². The number of hydrogen-bond acceptors (Lipinski definition) is 4. The van der Waals surface area contributed by atoms with E-state index in [9.17, 15) is 9.59 Å². The van der Waals surface area contributed by atoms with E-state index in [1.807, 2.05) is 0 Å². The van der Waals surface area contributed by atoms with Crippen molar-refractivity contribution in [2.24, 2.45) is 0 Å². The first-order valence-electron chi connectivity index (χ1n) is 2.28. The molecular weight excluding hydrogens is 239 g/mol. The third kappa shape index (κ3) is 6.52. The Balaban J connectivity index is -0.000000405. The van der Waals surface area contributed by atoms with E-state index in [1.165, 1.54) is 0 Å². The average Bonchev–Trinajstić information content (AvgIpc) is 1.84. The number of hydrogen-bond donors (Lipinski definition) is 4. The van der Waals surface area contributed by atoms with E-state index in [-0.39, 0.29) is 68.5 Å². The molecular formula is C4H6FeKO6. The van der Waals surface area contributed by atoms with Crippen molar-refractivity contribution < 1.29 is 47.1 Å². The molecule has 0 aromatic heterocycles. The molecule has 0 saturated carbocycles. The molecule has 0 spiro atoms. The van der Waals surface area contributed by atoms with Gasteiger partial charge in [-0.15, -0.1) is 0 Å². The maximum absolute atomic E-state index is 9.77. The number of carbonyl (C=O) groups is 2. The second-order valence-electron chi connectivity index (χ2n) is 1.57. The molecule has 0 aliphatic carbocycles. The average molecular weight is 245 g/mol. The molecule has 0 aliphatic heterocycles. The fourth-order valence-corrected chi connectivity index (χ4v) is 0.270. The van der Waals surface area contributed by atoms with Crippen molar-refractivity contribution in [1.82, 2.24) is 0 Å². The van der Waals surface area contributed by atoms with Gasteiger partial charge in [-0.2, -0.15) is 0 Å². The van der Waals surface area contributed by atoms with E-state index in [4.69, 9.17) is 20.4 Å². The third-order valence-corrected chi connectivity index (χ3v) is 0.805. The van der Waals surface area contributed by atoms with Gasteiger partial charge in [0, 0.05) is 68.5 Å².